The number of hydrogen-bond donors (Lipinski definition) is 1. The molecule has 3 aromatic carbocycles. The molecule has 0 spiro atoms. The number of alkyl halides is 3. The molecule has 0 aliphatic carbocycles. The lowest BCUT2D eigenvalue weighted by atomic mass is 9.89. The van der Waals surface area contributed by atoms with E-state index >= 15 is 0 Å². The van der Waals surface area contributed by atoms with Crippen LogP contribution in [0, 0.1) is 0 Å². The number of amides is 2. The van der Waals surface area contributed by atoms with Crippen LogP contribution in [0.3, 0.4) is 0 Å². The minimum Gasteiger partial charge on any atom is -0.497 e. The third-order valence-electron chi connectivity index (χ3n) is 7.31. The van der Waals surface area contributed by atoms with E-state index in [-0.39, 0.29) is 17.6 Å². The molecule has 0 bridgehead atoms. The average Bonchev–Trinajstić information content (AvgIpc) is 3.39. The van der Waals surface area contributed by atoms with Crippen LogP contribution in [-0.2, 0) is 15.7 Å². The molecule has 2 aliphatic rings. The number of benzene rings is 3. The first-order chi connectivity index (χ1) is 19.2. The molecule has 0 aromatic heterocycles. The van der Waals surface area contributed by atoms with Crippen molar-refractivity contribution in [2.75, 3.05) is 25.0 Å². The molecule has 1 N–H and O–H groups in total. The number of allylic oxidation sites excluding steroid dienone is 1. The highest BCUT2D eigenvalue weighted by molar-refractivity contribution is 6.04. The van der Waals surface area contributed by atoms with Crippen molar-refractivity contribution in [1.29, 1.82) is 0 Å². The van der Waals surface area contributed by atoms with Crippen molar-refractivity contribution in [3.8, 4) is 11.5 Å². The summed E-state index contributed by atoms with van der Waals surface area (Å²) in [5.74, 6) is 1.50. The Labute approximate surface area is 230 Å². The first kappa shape index (κ1) is 27.3. The van der Waals surface area contributed by atoms with Crippen LogP contribution in [0.25, 0.3) is 0 Å². The minimum atomic E-state index is -4.40. The summed E-state index contributed by atoms with van der Waals surface area (Å²) >= 11 is 0. The molecule has 5 rings (SSSR count). The van der Waals surface area contributed by atoms with Gasteiger partial charge >= 0.3 is 6.18 Å². The molecule has 6 nitrogen and oxygen atoms in total. The predicted molar refractivity (Wildman–Crippen MR) is 144 cm³/mol. The van der Waals surface area contributed by atoms with Gasteiger partial charge in [-0.15, -0.1) is 0 Å². The smallest absolute Gasteiger partial charge is 0.416 e. The van der Waals surface area contributed by atoms with E-state index in [1.54, 1.807) is 31.2 Å². The van der Waals surface area contributed by atoms with Gasteiger partial charge in [0, 0.05) is 30.8 Å². The van der Waals surface area contributed by atoms with E-state index in [0.717, 1.165) is 30.7 Å². The Bertz CT molecular complexity index is 1390. The highest BCUT2D eigenvalue weighted by Crippen LogP contribution is 2.32. The largest absolute Gasteiger partial charge is 0.497 e. The van der Waals surface area contributed by atoms with E-state index in [4.69, 9.17) is 9.47 Å². The Hall–Kier alpha value is -4.27. The zero-order valence-corrected chi connectivity index (χ0v) is 22.0. The summed E-state index contributed by atoms with van der Waals surface area (Å²) < 4.78 is 49.2. The number of anilines is 1. The average molecular weight is 551 g/mol. The van der Waals surface area contributed by atoms with Gasteiger partial charge in [0.25, 0.3) is 11.8 Å². The van der Waals surface area contributed by atoms with E-state index in [1.807, 2.05) is 29.2 Å². The SMILES string of the molecule is CC1=C(C(=O)Nc2ccc(C3CCN(C(=O)c4ccc(Oc5ccc(C(F)(F)F)cc5)cc4)CC3)cc2)CCO1. The van der Waals surface area contributed by atoms with Crippen LogP contribution in [0.5, 0.6) is 11.5 Å². The van der Waals surface area contributed by atoms with Crippen molar-refractivity contribution in [3.05, 3.63) is 101 Å². The lowest BCUT2D eigenvalue weighted by Gasteiger charge is -2.32. The van der Waals surface area contributed by atoms with Crippen molar-refractivity contribution in [3.63, 3.8) is 0 Å². The Balaban J connectivity index is 1.12. The third-order valence-corrected chi connectivity index (χ3v) is 7.31. The zero-order valence-electron chi connectivity index (χ0n) is 22.0. The van der Waals surface area contributed by atoms with Gasteiger partial charge in [0.15, 0.2) is 0 Å². The summed E-state index contributed by atoms with van der Waals surface area (Å²) in [7, 11) is 0. The molecule has 0 unspecified atom stereocenters. The number of halogens is 3. The van der Waals surface area contributed by atoms with Crippen LogP contribution in [0.2, 0.25) is 0 Å². The summed E-state index contributed by atoms with van der Waals surface area (Å²) in [4.78, 5) is 27.3. The molecule has 3 aromatic rings. The summed E-state index contributed by atoms with van der Waals surface area (Å²) in [6.45, 7) is 3.59. The van der Waals surface area contributed by atoms with Gasteiger partial charge in [0.2, 0.25) is 0 Å². The van der Waals surface area contributed by atoms with Crippen LogP contribution in [0.1, 0.15) is 53.6 Å². The molecule has 2 amide bonds. The first-order valence-electron chi connectivity index (χ1n) is 13.2. The number of rotatable bonds is 6. The van der Waals surface area contributed by atoms with Gasteiger partial charge in [-0.1, -0.05) is 12.1 Å². The summed E-state index contributed by atoms with van der Waals surface area (Å²) in [6.07, 6.45) is -2.12. The molecule has 0 radical (unpaired) electrons. The van der Waals surface area contributed by atoms with Gasteiger partial charge in [-0.3, -0.25) is 9.59 Å². The molecule has 1 fully saturated rings. The fourth-order valence-electron chi connectivity index (χ4n) is 5.00. The van der Waals surface area contributed by atoms with E-state index in [1.165, 1.54) is 17.7 Å². The molecule has 208 valence electrons. The monoisotopic (exact) mass is 550 g/mol. The number of ether oxygens (including phenoxy) is 2. The highest BCUT2D eigenvalue weighted by atomic mass is 19.4. The second-order valence-corrected chi connectivity index (χ2v) is 9.92. The number of carbonyl (C=O) groups is 2. The molecular formula is C31H29F3N2O4. The molecular weight excluding hydrogens is 521 g/mol. The fourth-order valence-corrected chi connectivity index (χ4v) is 5.00. The van der Waals surface area contributed by atoms with Gasteiger partial charge in [-0.05, 0) is 91.9 Å². The van der Waals surface area contributed by atoms with Crippen molar-refractivity contribution >= 4 is 17.5 Å². The topological polar surface area (TPSA) is 67.9 Å². The number of nitrogens with one attached hydrogen (secondary N) is 1. The maximum absolute atomic E-state index is 13.0. The van der Waals surface area contributed by atoms with E-state index in [9.17, 15) is 22.8 Å². The van der Waals surface area contributed by atoms with Gasteiger partial charge in [0.05, 0.1) is 17.7 Å². The minimum absolute atomic E-state index is 0.0712. The predicted octanol–water partition coefficient (Wildman–Crippen LogP) is 7.15. The first-order valence-corrected chi connectivity index (χ1v) is 13.2. The maximum atomic E-state index is 13.0. The second-order valence-electron chi connectivity index (χ2n) is 9.92. The van der Waals surface area contributed by atoms with Crippen LogP contribution >= 0.6 is 0 Å². The van der Waals surface area contributed by atoms with Crippen molar-refractivity contribution in [2.24, 2.45) is 0 Å². The highest BCUT2D eigenvalue weighted by Gasteiger charge is 2.30. The molecule has 2 aliphatic heterocycles. The lowest BCUT2D eigenvalue weighted by Crippen LogP contribution is -2.37. The maximum Gasteiger partial charge on any atom is 0.416 e. The Kier molecular flexibility index (Phi) is 7.82. The zero-order chi connectivity index (χ0) is 28.3. The summed E-state index contributed by atoms with van der Waals surface area (Å²) in [6, 6.07) is 18.9. The molecule has 0 atom stereocenters. The number of hydrogen-bond acceptors (Lipinski definition) is 4. The normalized spacial score (nSPS) is 16.1. The Morgan fingerprint density at radius 2 is 1.50 bits per heavy atom. The van der Waals surface area contributed by atoms with E-state index < -0.39 is 11.7 Å². The van der Waals surface area contributed by atoms with Gasteiger partial charge in [-0.2, -0.15) is 13.2 Å². The van der Waals surface area contributed by atoms with Crippen LogP contribution in [-0.4, -0.2) is 36.4 Å². The number of nitrogens with zero attached hydrogens (tertiary/aromatic N) is 1. The summed E-state index contributed by atoms with van der Waals surface area (Å²) in [5, 5.41) is 2.93. The van der Waals surface area contributed by atoms with E-state index in [0.29, 0.717) is 54.7 Å². The lowest BCUT2D eigenvalue weighted by molar-refractivity contribution is -0.137. The number of carbonyl (C=O) groups excluding carboxylic acids is 2. The van der Waals surface area contributed by atoms with Crippen molar-refractivity contribution in [2.45, 2.75) is 38.3 Å². The molecule has 1 saturated heterocycles. The van der Waals surface area contributed by atoms with Gasteiger partial charge < -0.3 is 19.7 Å². The van der Waals surface area contributed by atoms with Gasteiger partial charge in [-0.25, -0.2) is 0 Å². The molecule has 2 heterocycles. The number of likely N-dealkylation sites (tertiary alicyclic amines) is 1. The van der Waals surface area contributed by atoms with Crippen LogP contribution < -0.4 is 10.1 Å². The number of piperidine rings is 1. The standard InChI is InChI=1S/C31H29F3N2O4/c1-20-28(16-19-39-20)29(37)35-25-8-2-21(3-9-25)22-14-17-36(18-15-22)30(38)23-4-10-26(11-5-23)40-27-12-6-24(7-13-27)31(32,33)34/h2-13,22H,14-19H2,1H3,(H,35,37). The molecule has 40 heavy (non-hydrogen) atoms. The fraction of sp³-hybridized carbons (Fsp3) is 0.290. The van der Waals surface area contributed by atoms with Gasteiger partial charge in [0.1, 0.15) is 17.3 Å². The Morgan fingerprint density at radius 3 is 2.05 bits per heavy atom. The van der Waals surface area contributed by atoms with E-state index in [2.05, 4.69) is 5.32 Å². The quantitative estimate of drug-likeness (QED) is 0.354. The van der Waals surface area contributed by atoms with Crippen LogP contribution in [0.4, 0.5) is 18.9 Å². The van der Waals surface area contributed by atoms with Crippen molar-refractivity contribution in [1.82, 2.24) is 4.90 Å². The van der Waals surface area contributed by atoms with Crippen molar-refractivity contribution < 1.29 is 32.2 Å². The second kappa shape index (κ2) is 11.5. The summed E-state index contributed by atoms with van der Waals surface area (Å²) in [5.41, 5.74) is 2.38. The molecule has 9 heteroatoms. The Morgan fingerprint density at radius 1 is 0.900 bits per heavy atom. The molecule has 0 saturated carbocycles. The van der Waals surface area contributed by atoms with Crippen LogP contribution in [0.15, 0.2) is 84.1 Å². The third kappa shape index (κ3) is 6.30.